The molecule has 1 rings (SSSR count). The van der Waals surface area contributed by atoms with E-state index in [-0.39, 0.29) is 12.0 Å². The second-order valence-corrected chi connectivity index (χ2v) is 3.94. The second-order valence-electron chi connectivity index (χ2n) is 3.94. The van der Waals surface area contributed by atoms with Gasteiger partial charge < -0.3 is 15.9 Å². The lowest BCUT2D eigenvalue weighted by molar-refractivity contribution is -0.142. The maximum Gasteiger partial charge on any atom is 0.331 e. The first-order chi connectivity index (χ1) is 7.32. The quantitative estimate of drug-likeness (QED) is 0.662. The number of carbonyl (C=O) groups is 2. The Bertz CT molecular complexity index is 408. The SMILES string of the molecule is CCC1=C(C)C=C(C(=O)O)CC1(N)C(=O)O. The van der Waals surface area contributed by atoms with Crippen molar-refractivity contribution in [2.75, 3.05) is 0 Å². The Morgan fingerprint density at radius 3 is 2.44 bits per heavy atom. The second kappa shape index (κ2) is 4.09. The van der Waals surface area contributed by atoms with E-state index in [1.165, 1.54) is 6.08 Å². The molecule has 0 aromatic rings. The highest BCUT2D eigenvalue weighted by Gasteiger charge is 2.42. The van der Waals surface area contributed by atoms with Gasteiger partial charge in [-0.3, -0.25) is 0 Å². The molecule has 0 bridgehead atoms. The van der Waals surface area contributed by atoms with Gasteiger partial charge in [0.05, 0.1) is 0 Å². The molecule has 0 heterocycles. The first kappa shape index (κ1) is 12.4. The highest BCUT2D eigenvalue weighted by molar-refractivity contribution is 5.93. The van der Waals surface area contributed by atoms with Gasteiger partial charge in [-0.15, -0.1) is 0 Å². The van der Waals surface area contributed by atoms with Crippen molar-refractivity contribution in [3.63, 3.8) is 0 Å². The van der Waals surface area contributed by atoms with Crippen molar-refractivity contribution in [2.45, 2.75) is 32.2 Å². The molecule has 4 N–H and O–H groups in total. The largest absolute Gasteiger partial charge is 0.480 e. The molecule has 0 aliphatic heterocycles. The average molecular weight is 225 g/mol. The van der Waals surface area contributed by atoms with E-state index < -0.39 is 17.5 Å². The molecule has 88 valence electrons. The van der Waals surface area contributed by atoms with E-state index >= 15 is 0 Å². The molecule has 1 atom stereocenters. The summed E-state index contributed by atoms with van der Waals surface area (Å²) in [5.74, 6) is -2.30. The third-order valence-electron chi connectivity index (χ3n) is 2.88. The minimum Gasteiger partial charge on any atom is -0.480 e. The maximum atomic E-state index is 11.2. The zero-order chi connectivity index (χ0) is 12.5. The van der Waals surface area contributed by atoms with Gasteiger partial charge in [-0.05, 0) is 30.6 Å². The van der Waals surface area contributed by atoms with Crippen LogP contribution in [0.15, 0.2) is 22.8 Å². The van der Waals surface area contributed by atoms with Crippen molar-refractivity contribution < 1.29 is 19.8 Å². The van der Waals surface area contributed by atoms with Crippen LogP contribution < -0.4 is 5.73 Å². The number of hydrogen-bond donors (Lipinski definition) is 3. The highest BCUT2D eigenvalue weighted by atomic mass is 16.4. The van der Waals surface area contributed by atoms with Gasteiger partial charge in [0.25, 0.3) is 0 Å². The van der Waals surface area contributed by atoms with Gasteiger partial charge in [0, 0.05) is 12.0 Å². The smallest absolute Gasteiger partial charge is 0.331 e. The lowest BCUT2D eigenvalue weighted by Gasteiger charge is -2.32. The van der Waals surface area contributed by atoms with Crippen LogP contribution in [0.3, 0.4) is 0 Å². The summed E-state index contributed by atoms with van der Waals surface area (Å²) < 4.78 is 0. The summed E-state index contributed by atoms with van der Waals surface area (Å²) in [7, 11) is 0. The van der Waals surface area contributed by atoms with Gasteiger partial charge >= 0.3 is 11.9 Å². The van der Waals surface area contributed by atoms with Gasteiger partial charge in [-0.2, -0.15) is 0 Å². The molecular formula is C11H15NO4. The van der Waals surface area contributed by atoms with Crippen LogP contribution in [0.25, 0.3) is 0 Å². The Balaban J connectivity index is 3.32. The number of carboxylic acids is 2. The van der Waals surface area contributed by atoms with Crippen molar-refractivity contribution in [1.82, 2.24) is 0 Å². The molecule has 0 aromatic carbocycles. The van der Waals surface area contributed by atoms with E-state index in [2.05, 4.69) is 0 Å². The van der Waals surface area contributed by atoms with Crippen molar-refractivity contribution in [3.05, 3.63) is 22.8 Å². The zero-order valence-electron chi connectivity index (χ0n) is 9.28. The van der Waals surface area contributed by atoms with E-state index in [1.807, 2.05) is 6.92 Å². The third kappa shape index (κ3) is 1.86. The minimum absolute atomic E-state index is 0.0413. The molecule has 0 saturated heterocycles. The van der Waals surface area contributed by atoms with E-state index in [0.717, 1.165) is 0 Å². The molecule has 1 unspecified atom stereocenters. The molecule has 5 heteroatoms. The van der Waals surface area contributed by atoms with E-state index in [0.29, 0.717) is 17.6 Å². The van der Waals surface area contributed by atoms with Crippen LogP contribution in [-0.4, -0.2) is 27.7 Å². The summed E-state index contributed by atoms with van der Waals surface area (Å²) >= 11 is 0. The molecule has 16 heavy (non-hydrogen) atoms. The van der Waals surface area contributed by atoms with Crippen LogP contribution in [0.4, 0.5) is 0 Å². The van der Waals surface area contributed by atoms with E-state index in [1.54, 1.807) is 6.92 Å². The Morgan fingerprint density at radius 2 is 2.06 bits per heavy atom. The van der Waals surface area contributed by atoms with Gasteiger partial charge in [0.15, 0.2) is 0 Å². The van der Waals surface area contributed by atoms with E-state index in [4.69, 9.17) is 15.9 Å². The number of hydrogen-bond acceptors (Lipinski definition) is 3. The topological polar surface area (TPSA) is 101 Å². The number of allylic oxidation sites excluding steroid dienone is 2. The fraction of sp³-hybridized carbons (Fsp3) is 0.455. The highest BCUT2D eigenvalue weighted by Crippen LogP contribution is 2.33. The summed E-state index contributed by atoms with van der Waals surface area (Å²) in [5.41, 5.74) is 5.50. The summed E-state index contributed by atoms with van der Waals surface area (Å²) in [6.45, 7) is 3.49. The van der Waals surface area contributed by atoms with Gasteiger partial charge in [0.2, 0.25) is 0 Å². The molecule has 0 radical (unpaired) electrons. The van der Waals surface area contributed by atoms with Crippen LogP contribution in [0, 0.1) is 0 Å². The van der Waals surface area contributed by atoms with Crippen molar-refractivity contribution in [3.8, 4) is 0 Å². The van der Waals surface area contributed by atoms with Gasteiger partial charge in [-0.25, -0.2) is 9.59 Å². The normalized spacial score (nSPS) is 25.3. The summed E-state index contributed by atoms with van der Waals surface area (Å²) in [4.78, 5) is 22.0. The Hall–Kier alpha value is -1.62. The fourth-order valence-electron chi connectivity index (χ4n) is 2.09. The molecular weight excluding hydrogens is 210 g/mol. The molecule has 0 saturated carbocycles. The fourth-order valence-corrected chi connectivity index (χ4v) is 2.09. The van der Waals surface area contributed by atoms with Crippen LogP contribution in [0.5, 0.6) is 0 Å². The van der Waals surface area contributed by atoms with Gasteiger partial charge in [-0.1, -0.05) is 6.92 Å². The van der Waals surface area contributed by atoms with Crippen molar-refractivity contribution in [2.24, 2.45) is 5.73 Å². The zero-order valence-corrected chi connectivity index (χ0v) is 9.28. The summed E-state index contributed by atoms with van der Waals surface area (Å²) in [6.07, 6.45) is 1.82. The average Bonchev–Trinajstić information content (AvgIpc) is 2.16. The molecule has 0 spiro atoms. The van der Waals surface area contributed by atoms with Crippen LogP contribution >= 0.6 is 0 Å². The Morgan fingerprint density at radius 1 is 1.50 bits per heavy atom. The number of carboxylic acid groups (broad SMARTS) is 2. The van der Waals surface area contributed by atoms with Crippen LogP contribution in [0.1, 0.15) is 26.7 Å². The lowest BCUT2D eigenvalue weighted by atomic mass is 9.76. The first-order valence-electron chi connectivity index (χ1n) is 4.99. The molecule has 1 aliphatic carbocycles. The molecule has 0 fully saturated rings. The molecule has 1 aliphatic rings. The minimum atomic E-state index is -1.58. The number of nitrogens with two attached hydrogens (primary N) is 1. The number of rotatable bonds is 3. The first-order valence-corrected chi connectivity index (χ1v) is 4.99. The Labute approximate surface area is 93.3 Å². The van der Waals surface area contributed by atoms with Crippen molar-refractivity contribution in [1.29, 1.82) is 0 Å². The third-order valence-corrected chi connectivity index (χ3v) is 2.88. The maximum absolute atomic E-state index is 11.2. The molecule has 0 aromatic heterocycles. The Kier molecular flexibility index (Phi) is 3.19. The standard InChI is InChI=1S/C11H15NO4/c1-3-8-6(2)4-7(9(13)14)5-11(8,12)10(15)16/h4H,3,5,12H2,1-2H3,(H,13,14)(H,15,16). The monoisotopic (exact) mass is 225 g/mol. The van der Waals surface area contributed by atoms with Crippen LogP contribution in [-0.2, 0) is 9.59 Å². The van der Waals surface area contributed by atoms with Gasteiger partial charge in [0.1, 0.15) is 5.54 Å². The number of aliphatic carboxylic acids is 2. The summed E-state index contributed by atoms with van der Waals surface area (Å²) in [6, 6.07) is 0. The van der Waals surface area contributed by atoms with E-state index in [9.17, 15) is 9.59 Å². The van der Waals surface area contributed by atoms with Crippen LogP contribution in [0.2, 0.25) is 0 Å². The summed E-state index contributed by atoms with van der Waals surface area (Å²) in [5, 5.41) is 18.0. The lowest BCUT2D eigenvalue weighted by Crippen LogP contribution is -2.51. The molecule has 5 nitrogen and oxygen atoms in total. The predicted octanol–water partition coefficient (Wildman–Crippen LogP) is 0.910. The van der Waals surface area contributed by atoms with Crippen molar-refractivity contribution >= 4 is 11.9 Å². The molecule has 0 amide bonds. The predicted molar refractivity (Wildman–Crippen MR) is 57.9 cm³/mol.